The normalized spacial score (nSPS) is 22.1. The Kier molecular flexibility index (Phi) is 5.15. The Balaban J connectivity index is 2.18. The predicted molar refractivity (Wildman–Crippen MR) is 84.6 cm³/mol. The smallest absolute Gasteiger partial charge is 0.272 e. The van der Waals surface area contributed by atoms with Crippen LogP contribution in [0.3, 0.4) is 0 Å². The largest absolute Gasteiger partial charge is 0.385 e. The highest BCUT2D eigenvalue weighted by molar-refractivity contribution is 5.97. The molecular weight excluding hydrogens is 264 g/mol. The van der Waals surface area contributed by atoms with Gasteiger partial charge in [0.05, 0.1) is 11.9 Å². The van der Waals surface area contributed by atoms with Gasteiger partial charge < -0.3 is 10.6 Å². The van der Waals surface area contributed by atoms with E-state index in [0.29, 0.717) is 23.1 Å². The fraction of sp³-hybridized carbons (Fsp3) is 0.688. The highest BCUT2D eigenvalue weighted by Crippen LogP contribution is 2.24. The summed E-state index contributed by atoms with van der Waals surface area (Å²) in [6.07, 6.45) is 6.39. The molecule has 2 unspecified atom stereocenters. The first kappa shape index (κ1) is 15.7. The molecule has 0 radical (unpaired) electrons. The Hall–Kier alpha value is -1.65. The van der Waals surface area contributed by atoms with Gasteiger partial charge in [-0.3, -0.25) is 4.79 Å². The summed E-state index contributed by atoms with van der Waals surface area (Å²) in [5, 5.41) is 6.16. The topological polar surface area (TPSA) is 66.9 Å². The van der Waals surface area contributed by atoms with E-state index in [-0.39, 0.29) is 17.9 Å². The van der Waals surface area contributed by atoms with Crippen molar-refractivity contribution in [2.45, 2.75) is 58.4 Å². The molecule has 1 amide bonds. The van der Waals surface area contributed by atoms with Crippen LogP contribution in [0, 0.1) is 5.92 Å². The summed E-state index contributed by atoms with van der Waals surface area (Å²) in [7, 11) is 1.79. The molecule has 2 N–H and O–H groups in total. The minimum atomic E-state index is -0.0950. The fourth-order valence-electron chi connectivity index (χ4n) is 2.80. The lowest BCUT2D eigenvalue weighted by atomic mass is 9.86. The molecule has 5 nitrogen and oxygen atoms in total. The van der Waals surface area contributed by atoms with Crippen molar-refractivity contribution in [3.8, 4) is 0 Å². The Morgan fingerprint density at radius 2 is 2.05 bits per heavy atom. The third-order valence-electron chi connectivity index (χ3n) is 4.24. The van der Waals surface area contributed by atoms with Gasteiger partial charge in [0.15, 0.2) is 5.69 Å². The zero-order valence-electron chi connectivity index (χ0n) is 13.4. The molecule has 0 aliphatic heterocycles. The van der Waals surface area contributed by atoms with Gasteiger partial charge in [0.25, 0.3) is 5.91 Å². The SMILES string of the molecule is CNc1cnc(C(C)C)nc1C(=O)NC1CCCCC1C. The zero-order valence-corrected chi connectivity index (χ0v) is 13.4. The molecule has 0 bridgehead atoms. The molecule has 1 aliphatic rings. The molecule has 21 heavy (non-hydrogen) atoms. The van der Waals surface area contributed by atoms with Gasteiger partial charge in [-0.1, -0.05) is 33.6 Å². The highest BCUT2D eigenvalue weighted by Gasteiger charge is 2.25. The van der Waals surface area contributed by atoms with Crippen LogP contribution in [0.5, 0.6) is 0 Å². The van der Waals surface area contributed by atoms with Crippen LogP contribution in [0.2, 0.25) is 0 Å². The first-order chi connectivity index (χ1) is 10.0. The second-order valence-electron chi connectivity index (χ2n) is 6.24. The number of hydrogen-bond acceptors (Lipinski definition) is 4. The minimum absolute atomic E-state index is 0.0950. The van der Waals surface area contributed by atoms with Crippen molar-refractivity contribution in [2.75, 3.05) is 12.4 Å². The zero-order chi connectivity index (χ0) is 15.4. The van der Waals surface area contributed by atoms with E-state index in [1.807, 2.05) is 13.8 Å². The molecule has 0 spiro atoms. The lowest BCUT2D eigenvalue weighted by molar-refractivity contribution is 0.0905. The number of amides is 1. The number of hydrogen-bond donors (Lipinski definition) is 2. The van der Waals surface area contributed by atoms with Gasteiger partial charge >= 0.3 is 0 Å². The molecule has 2 rings (SSSR count). The van der Waals surface area contributed by atoms with Crippen LogP contribution < -0.4 is 10.6 Å². The molecule has 1 heterocycles. The van der Waals surface area contributed by atoms with Crippen LogP contribution in [-0.4, -0.2) is 29.0 Å². The summed E-state index contributed by atoms with van der Waals surface area (Å²) >= 11 is 0. The molecule has 1 fully saturated rings. The predicted octanol–water partition coefficient (Wildman–Crippen LogP) is 2.95. The van der Waals surface area contributed by atoms with Crippen molar-refractivity contribution in [3.05, 3.63) is 17.7 Å². The van der Waals surface area contributed by atoms with E-state index < -0.39 is 0 Å². The Morgan fingerprint density at radius 1 is 1.33 bits per heavy atom. The van der Waals surface area contributed by atoms with E-state index in [0.717, 1.165) is 6.42 Å². The number of aromatic nitrogens is 2. The van der Waals surface area contributed by atoms with Gasteiger partial charge in [0.2, 0.25) is 0 Å². The van der Waals surface area contributed by atoms with E-state index in [1.54, 1.807) is 13.2 Å². The Labute approximate surface area is 127 Å². The van der Waals surface area contributed by atoms with Crippen LogP contribution in [0.4, 0.5) is 5.69 Å². The average molecular weight is 290 g/mol. The molecular formula is C16H26N4O. The van der Waals surface area contributed by atoms with E-state index in [9.17, 15) is 4.79 Å². The van der Waals surface area contributed by atoms with Crippen molar-refractivity contribution in [2.24, 2.45) is 5.92 Å². The number of anilines is 1. The van der Waals surface area contributed by atoms with Crippen molar-refractivity contribution < 1.29 is 4.79 Å². The number of nitrogens with one attached hydrogen (secondary N) is 2. The van der Waals surface area contributed by atoms with Gasteiger partial charge in [0.1, 0.15) is 5.82 Å². The maximum atomic E-state index is 12.6. The van der Waals surface area contributed by atoms with Gasteiger partial charge in [0, 0.05) is 19.0 Å². The first-order valence-corrected chi connectivity index (χ1v) is 7.88. The van der Waals surface area contributed by atoms with Crippen LogP contribution in [0.25, 0.3) is 0 Å². The average Bonchev–Trinajstić information content (AvgIpc) is 2.48. The van der Waals surface area contributed by atoms with Crippen molar-refractivity contribution in [1.82, 2.24) is 15.3 Å². The molecule has 1 saturated carbocycles. The van der Waals surface area contributed by atoms with Crippen LogP contribution >= 0.6 is 0 Å². The summed E-state index contributed by atoms with van der Waals surface area (Å²) in [4.78, 5) is 21.3. The van der Waals surface area contributed by atoms with Crippen LogP contribution in [0.15, 0.2) is 6.20 Å². The Bertz CT molecular complexity index is 501. The molecule has 0 saturated heterocycles. The summed E-state index contributed by atoms with van der Waals surface area (Å²) in [5.74, 6) is 1.35. The maximum Gasteiger partial charge on any atom is 0.272 e. The number of carbonyl (C=O) groups is 1. The quantitative estimate of drug-likeness (QED) is 0.894. The van der Waals surface area contributed by atoms with E-state index >= 15 is 0 Å². The molecule has 1 aromatic rings. The summed E-state index contributed by atoms with van der Waals surface area (Å²) in [6, 6.07) is 0.258. The number of carbonyl (C=O) groups excluding carboxylic acids is 1. The third-order valence-corrected chi connectivity index (χ3v) is 4.24. The summed E-state index contributed by atoms with van der Waals surface area (Å²) in [6.45, 7) is 6.27. The lowest BCUT2D eigenvalue weighted by Gasteiger charge is -2.29. The monoisotopic (exact) mass is 290 g/mol. The van der Waals surface area contributed by atoms with Gasteiger partial charge in [-0.25, -0.2) is 9.97 Å². The van der Waals surface area contributed by atoms with Crippen molar-refractivity contribution >= 4 is 11.6 Å². The lowest BCUT2D eigenvalue weighted by Crippen LogP contribution is -2.41. The maximum absolute atomic E-state index is 12.6. The van der Waals surface area contributed by atoms with Crippen molar-refractivity contribution in [1.29, 1.82) is 0 Å². The van der Waals surface area contributed by atoms with E-state index in [2.05, 4.69) is 27.5 Å². The molecule has 116 valence electrons. The molecule has 1 aromatic heterocycles. The summed E-state index contributed by atoms with van der Waals surface area (Å²) in [5.41, 5.74) is 1.13. The van der Waals surface area contributed by atoms with E-state index in [1.165, 1.54) is 19.3 Å². The van der Waals surface area contributed by atoms with Crippen molar-refractivity contribution in [3.63, 3.8) is 0 Å². The highest BCUT2D eigenvalue weighted by atomic mass is 16.2. The van der Waals surface area contributed by atoms with E-state index in [4.69, 9.17) is 0 Å². The van der Waals surface area contributed by atoms with Gasteiger partial charge in [-0.15, -0.1) is 0 Å². The molecule has 1 aliphatic carbocycles. The third kappa shape index (κ3) is 3.71. The Morgan fingerprint density at radius 3 is 2.67 bits per heavy atom. The standard InChI is InChI=1S/C16H26N4O/c1-10(2)15-18-9-13(17-4)14(20-15)16(21)19-12-8-6-5-7-11(12)3/h9-12,17H,5-8H2,1-4H3,(H,19,21). The fourth-order valence-corrected chi connectivity index (χ4v) is 2.80. The summed E-state index contributed by atoms with van der Waals surface area (Å²) < 4.78 is 0. The second-order valence-corrected chi connectivity index (χ2v) is 6.24. The first-order valence-electron chi connectivity index (χ1n) is 7.88. The van der Waals surface area contributed by atoms with Crippen LogP contribution in [-0.2, 0) is 0 Å². The number of nitrogens with zero attached hydrogens (tertiary/aromatic N) is 2. The molecule has 2 atom stereocenters. The number of rotatable bonds is 4. The van der Waals surface area contributed by atoms with Gasteiger partial charge in [-0.05, 0) is 18.8 Å². The molecule has 5 heteroatoms. The molecule has 0 aromatic carbocycles. The second kappa shape index (κ2) is 6.87. The van der Waals surface area contributed by atoms with Crippen LogP contribution in [0.1, 0.15) is 68.7 Å². The minimum Gasteiger partial charge on any atom is -0.385 e. The van der Waals surface area contributed by atoms with Gasteiger partial charge in [-0.2, -0.15) is 0 Å².